The molecule has 2 unspecified atom stereocenters. The highest BCUT2D eigenvalue weighted by Gasteiger charge is 2.17. The topological polar surface area (TPSA) is 50.9 Å². The molecule has 4 heteroatoms. The molecule has 0 radical (unpaired) electrons. The number of aromatic nitrogens is 3. The maximum absolute atomic E-state index is 9.62. The Morgan fingerprint density at radius 2 is 2.08 bits per heavy atom. The minimum atomic E-state index is -0.347. The predicted molar refractivity (Wildman–Crippen MR) is 50.5 cm³/mol. The Balaban J connectivity index is 2.87. The van der Waals surface area contributed by atoms with Gasteiger partial charge in [0.2, 0.25) is 0 Å². The van der Waals surface area contributed by atoms with Crippen molar-refractivity contribution < 1.29 is 5.11 Å². The molecule has 1 N–H and O–H groups in total. The normalized spacial score (nSPS) is 15.8. The first kappa shape index (κ1) is 10.2. The fourth-order valence-corrected chi connectivity index (χ4v) is 1.43. The molecule has 0 amide bonds. The molecule has 0 aliphatic heterocycles. The van der Waals surface area contributed by atoms with Crippen LogP contribution in [-0.4, -0.2) is 26.0 Å². The van der Waals surface area contributed by atoms with E-state index in [1.807, 2.05) is 27.7 Å². The lowest BCUT2D eigenvalue weighted by Crippen LogP contribution is -2.22. The number of aryl methyl sites for hydroxylation is 2. The summed E-state index contributed by atoms with van der Waals surface area (Å²) in [6.45, 7) is 7.67. The molecule has 2 atom stereocenters. The third-order valence-electron chi connectivity index (χ3n) is 2.27. The standard InChI is InChI=1S/C9H17N3O/c1-5-9(13)6(2)12-8(4)10-7(3)11-12/h6,9,13H,5H2,1-4H3. The third kappa shape index (κ3) is 2.06. The van der Waals surface area contributed by atoms with E-state index in [4.69, 9.17) is 0 Å². The number of hydrogen-bond donors (Lipinski definition) is 1. The molecule has 0 saturated carbocycles. The second kappa shape index (κ2) is 3.87. The largest absolute Gasteiger partial charge is 0.391 e. The first-order valence-corrected chi connectivity index (χ1v) is 4.64. The van der Waals surface area contributed by atoms with Gasteiger partial charge in [0.25, 0.3) is 0 Å². The van der Waals surface area contributed by atoms with Crippen LogP contribution in [0.4, 0.5) is 0 Å². The quantitative estimate of drug-likeness (QED) is 0.766. The minimum absolute atomic E-state index is 0.00574. The molecule has 1 aromatic rings. The molecule has 0 aliphatic carbocycles. The summed E-state index contributed by atoms with van der Waals surface area (Å²) >= 11 is 0. The Labute approximate surface area is 78.6 Å². The Morgan fingerprint density at radius 3 is 2.46 bits per heavy atom. The van der Waals surface area contributed by atoms with Gasteiger partial charge >= 0.3 is 0 Å². The fourth-order valence-electron chi connectivity index (χ4n) is 1.43. The number of nitrogens with zero attached hydrogens (tertiary/aromatic N) is 3. The first-order valence-electron chi connectivity index (χ1n) is 4.64. The van der Waals surface area contributed by atoms with Gasteiger partial charge in [-0.1, -0.05) is 6.92 Å². The SMILES string of the molecule is CCC(O)C(C)n1nc(C)nc1C. The van der Waals surface area contributed by atoms with Crippen molar-refractivity contribution in [3.05, 3.63) is 11.6 Å². The molecule has 0 aliphatic rings. The van der Waals surface area contributed by atoms with Crippen molar-refractivity contribution in [1.82, 2.24) is 14.8 Å². The van der Waals surface area contributed by atoms with Gasteiger partial charge in [0.1, 0.15) is 11.6 Å². The van der Waals surface area contributed by atoms with Crippen molar-refractivity contribution in [3.63, 3.8) is 0 Å². The van der Waals surface area contributed by atoms with Gasteiger partial charge in [-0.3, -0.25) is 0 Å². The van der Waals surface area contributed by atoms with E-state index in [2.05, 4.69) is 10.1 Å². The highest BCUT2D eigenvalue weighted by atomic mass is 16.3. The van der Waals surface area contributed by atoms with Crippen molar-refractivity contribution in [3.8, 4) is 0 Å². The highest BCUT2D eigenvalue weighted by Crippen LogP contribution is 2.14. The van der Waals surface area contributed by atoms with Crippen molar-refractivity contribution in [2.45, 2.75) is 46.3 Å². The van der Waals surface area contributed by atoms with Gasteiger partial charge in [-0.2, -0.15) is 5.10 Å². The lowest BCUT2D eigenvalue weighted by molar-refractivity contribution is 0.109. The maximum Gasteiger partial charge on any atom is 0.147 e. The van der Waals surface area contributed by atoms with E-state index >= 15 is 0 Å². The molecule has 4 nitrogen and oxygen atoms in total. The molecule has 0 spiro atoms. The van der Waals surface area contributed by atoms with Crippen LogP contribution in [0.3, 0.4) is 0 Å². The molecule has 0 bridgehead atoms. The summed E-state index contributed by atoms with van der Waals surface area (Å²) in [5.41, 5.74) is 0. The van der Waals surface area contributed by atoms with Crippen LogP contribution in [-0.2, 0) is 0 Å². The minimum Gasteiger partial charge on any atom is -0.391 e. The summed E-state index contributed by atoms with van der Waals surface area (Å²) in [7, 11) is 0. The van der Waals surface area contributed by atoms with Crippen LogP contribution in [0.5, 0.6) is 0 Å². The maximum atomic E-state index is 9.62. The van der Waals surface area contributed by atoms with Gasteiger partial charge < -0.3 is 5.11 Å². The Kier molecular flexibility index (Phi) is 3.03. The van der Waals surface area contributed by atoms with Gasteiger partial charge in [0.15, 0.2) is 0 Å². The van der Waals surface area contributed by atoms with Crippen molar-refractivity contribution >= 4 is 0 Å². The van der Waals surface area contributed by atoms with Crippen LogP contribution in [0.2, 0.25) is 0 Å². The first-order chi connectivity index (χ1) is 6.06. The van der Waals surface area contributed by atoms with Crippen LogP contribution < -0.4 is 0 Å². The lowest BCUT2D eigenvalue weighted by Gasteiger charge is -2.18. The molecular formula is C9H17N3O. The summed E-state index contributed by atoms with van der Waals surface area (Å²) in [6.07, 6.45) is 0.388. The van der Waals surface area contributed by atoms with E-state index in [0.717, 1.165) is 18.1 Å². The highest BCUT2D eigenvalue weighted by molar-refractivity contribution is 4.90. The third-order valence-corrected chi connectivity index (χ3v) is 2.27. The molecule has 0 aromatic carbocycles. The molecule has 0 saturated heterocycles. The zero-order valence-electron chi connectivity index (χ0n) is 8.65. The number of hydrogen-bond acceptors (Lipinski definition) is 3. The summed E-state index contributed by atoms with van der Waals surface area (Å²) in [5.74, 6) is 1.62. The van der Waals surface area contributed by atoms with Crippen LogP contribution >= 0.6 is 0 Å². The van der Waals surface area contributed by atoms with E-state index in [1.54, 1.807) is 4.68 Å². The zero-order valence-corrected chi connectivity index (χ0v) is 8.65. The second-order valence-corrected chi connectivity index (χ2v) is 3.37. The van der Waals surface area contributed by atoms with Gasteiger partial charge in [-0.25, -0.2) is 9.67 Å². The van der Waals surface area contributed by atoms with Crippen molar-refractivity contribution in [2.24, 2.45) is 0 Å². The Morgan fingerprint density at radius 1 is 1.46 bits per heavy atom. The van der Waals surface area contributed by atoms with Gasteiger partial charge in [0.05, 0.1) is 12.1 Å². The monoisotopic (exact) mass is 183 g/mol. The average Bonchev–Trinajstić information content (AvgIpc) is 2.42. The number of rotatable bonds is 3. The fraction of sp³-hybridized carbons (Fsp3) is 0.778. The van der Waals surface area contributed by atoms with E-state index in [0.29, 0.717) is 0 Å². The van der Waals surface area contributed by atoms with Crippen molar-refractivity contribution in [1.29, 1.82) is 0 Å². The Hall–Kier alpha value is -0.900. The van der Waals surface area contributed by atoms with E-state index in [9.17, 15) is 5.11 Å². The summed E-state index contributed by atoms with van der Waals surface area (Å²) < 4.78 is 1.78. The lowest BCUT2D eigenvalue weighted by atomic mass is 10.1. The van der Waals surface area contributed by atoms with Crippen LogP contribution in [0.15, 0.2) is 0 Å². The van der Waals surface area contributed by atoms with Crippen LogP contribution in [0.25, 0.3) is 0 Å². The molecular weight excluding hydrogens is 166 g/mol. The average molecular weight is 183 g/mol. The van der Waals surface area contributed by atoms with E-state index < -0.39 is 0 Å². The molecule has 1 heterocycles. The molecule has 1 rings (SSSR count). The zero-order chi connectivity index (χ0) is 10.0. The van der Waals surface area contributed by atoms with Gasteiger partial charge in [-0.05, 0) is 27.2 Å². The van der Waals surface area contributed by atoms with E-state index in [-0.39, 0.29) is 12.1 Å². The summed E-state index contributed by atoms with van der Waals surface area (Å²) in [5, 5.41) is 13.8. The molecule has 13 heavy (non-hydrogen) atoms. The van der Waals surface area contributed by atoms with Crippen LogP contribution in [0.1, 0.15) is 38.0 Å². The van der Waals surface area contributed by atoms with E-state index in [1.165, 1.54) is 0 Å². The molecule has 1 aromatic heterocycles. The number of aliphatic hydroxyl groups excluding tert-OH is 1. The summed E-state index contributed by atoms with van der Waals surface area (Å²) in [6, 6.07) is 0.00574. The number of aliphatic hydroxyl groups is 1. The molecule has 0 fully saturated rings. The second-order valence-electron chi connectivity index (χ2n) is 3.37. The van der Waals surface area contributed by atoms with Crippen LogP contribution in [0, 0.1) is 13.8 Å². The van der Waals surface area contributed by atoms with Gasteiger partial charge in [-0.15, -0.1) is 0 Å². The Bertz CT molecular complexity index is 282. The summed E-state index contributed by atoms with van der Waals surface area (Å²) in [4.78, 5) is 4.19. The molecule has 74 valence electrons. The predicted octanol–water partition coefficient (Wildman–Crippen LogP) is 1.23. The van der Waals surface area contributed by atoms with Crippen molar-refractivity contribution in [2.75, 3.05) is 0 Å². The van der Waals surface area contributed by atoms with Gasteiger partial charge in [0, 0.05) is 0 Å². The smallest absolute Gasteiger partial charge is 0.147 e.